The summed E-state index contributed by atoms with van der Waals surface area (Å²) < 4.78 is 15.7. The molecule has 0 saturated heterocycles. The van der Waals surface area contributed by atoms with Gasteiger partial charge in [0.1, 0.15) is 5.84 Å². The van der Waals surface area contributed by atoms with E-state index in [1.165, 1.54) is 33.5 Å². The van der Waals surface area contributed by atoms with Crippen LogP contribution in [0.4, 0.5) is 0 Å². The highest BCUT2D eigenvalue weighted by Gasteiger charge is 2.18. The van der Waals surface area contributed by atoms with E-state index in [0.29, 0.717) is 23.7 Å². The Labute approximate surface area is 168 Å². The van der Waals surface area contributed by atoms with Crippen LogP contribution in [0.2, 0.25) is 0 Å². The summed E-state index contributed by atoms with van der Waals surface area (Å²) in [5, 5.41) is 5.97. The maximum Gasteiger partial charge on any atom is 0.366 e. The number of nitrogens with two attached hydrogens (primary N) is 1. The Balaban J connectivity index is 1.78. The normalized spacial score (nSPS) is 11.2. The standard InChI is InChI=1S/C22H22N2O5/c1-26-18-11-16(12-19(27-2)21(18)28-3)22(25)29-24-20(23)13-15-9-6-8-14-7-4-5-10-17(14)15/h4-12H,13H2,1-3H3,(H2,23,24). The van der Waals surface area contributed by atoms with Crippen LogP contribution in [-0.4, -0.2) is 33.1 Å². The van der Waals surface area contributed by atoms with Crippen LogP contribution in [-0.2, 0) is 11.3 Å². The molecule has 29 heavy (non-hydrogen) atoms. The van der Waals surface area contributed by atoms with Gasteiger partial charge in [0.05, 0.1) is 26.9 Å². The predicted octanol–water partition coefficient (Wildman–Crippen LogP) is 3.54. The van der Waals surface area contributed by atoms with Gasteiger partial charge in [0.2, 0.25) is 5.75 Å². The molecule has 0 heterocycles. The van der Waals surface area contributed by atoms with Gasteiger partial charge in [-0.2, -0.15) is 0 Å². The van der Waals surface area contributed by atoms with Gasteiger partial charge in [-0.3, -0.25) is 0 Å². The number of amidine groups is 1. The highest BCUT2D eigenvalue weighted by molar-refractivity contribution is 5.93. The molecule has 7 heteroatoms. The molecule has 150 valence electrons. The fourth-order valence-electron chi connectivity index (χ4n) is 3.03. The van der Waals surface area contributed by atoms with Crippen molar-refractivity contribution in [3.05, 3.63) is 65.7 Å². The third-order valence-electron chi connectivity index (χ3n) is 4.40. The van der Waals surface area contributed by atoms with Crippen molar-refractivity contribution in [3.63, 3.8) is 0 Å². The number of benzene rings is 3. The molecule has 0 aliphatic rings. The number of carbonyl (C=O) groups is 1. The smallest absolute Gasteiger partial charge is 0.366 e. The Morgan fingerprint density at radius 3 is 2.24 bits per heavy atom. The predicted molar refractivity (Wildman–Crippen MR) is 111 cm³/mol. The summed E-state index contributed by atoms with van der Waals surface area (Å²) in [6.45, 7) is 0. The van der Waals surface area contributed by atoms with Gasteiger partial charge < -0.3 is 24.8 Å². The summed E-state index contributed by atoms with van der Waals surface area (Å²) in [4.78, 5) is 17.4. The minimum atomic E-state index is -0.690. The molecule has 0 saturated carbocycles. The Morgan fingerprint density at radius 2 is 1.59 bits per heavy atom. The quantitative estimate of drug-likeness (QED) is 0.285. The Kier molecular flexibility index (Phi) is 6.19. The Bertz CT molecular complexity index is 1030. The van der Waals surface area contributed by atoms with Crippen molar-refractivity contribution in [2.24, 2.45) is 10.9 Å². The number of nitrogens with zero attached hydrogens (tertiary/aromatic N) is 1. The summed E-state index contributed by atoms with van der Waals surface area (Å²) in [6.07, 6.45) is 0.351. The first-order valence-electron chi connectivity index (χ1n) is 8.87. The van der Waals surface area contributed by atoms with Gasteiger partial charge in [0.15, 0.2) is 11.5 Å². The number of oxime groups is 1. The van der Waals surface area contributed by atoms with Crippen molar-refractivity contribution in [2.45, 2.75) is 6.42 Å². The van der Waals surface area contributed by atoms with Crippen molar-refractivity contribution < 1.29 is 23.8 Å². The van der Waals surface area contributed by atoms with E-state index in [2.05, 4.69) is 5.16 Å². The van der Waals surface area contributed by atoms with Gasteiger partial charge in [0, 0.05) is 6.42 Å². The summed E-state index contributed by atoms with van der Waals surface area (Å²) in [6, 6.07) is 16.9. The number of methoxy groups -OCH3 is 3. The third-order valence-corrected chi connectivity index (χ3v) is 4.40. The van der Waals surface area contributed by atoms with Crippen molar-refractivity contribution in [2.75, 3.05) is 21.3 Å². The number of rotatable bonds is 7. The van der Waals surface area contributed by atoms with Gasteiger partial charge in [-0.1, -0.05) is 47.6 Å². The molecule has 0 radical (unpaired) electrons. The van der Waals surface area contributed by atoms with Crippen molar-refractivity contribution in [1.29, 1.82) is 0 Å². The fourth-order valence-corrected chi connectivity index (χ4v) is 3.03. The Morgan fingerprint density at radius 1 is 0.931 bits per heavy atom. The number of ether oxygens (including phenoxy) is 3. The fraction of sp³-hybridized carbons (Fsp3) is 0.182. The van der Waals surface area contributed by atoms with Crippen LogP contribution in [0, 0.1) is 0 Å². The first kappa shape index (κ1) is 20.0. The molecule has 3 aromatic rings. The van der Waals surface area contributed by atoms with E-state index in [1.54, 1.807) is 0 Å². The van der Waals surface area contributed by atoms with Gasteiger partial charge in [-0.25, -0.2) is 4.79 Å². The Hall–Kier alpha value is -3.74. The van der Waals surface area contributed by atoms with Crippen LogP contribution < -0.4 is 19.9 Å². The minimum Gasteiger partial charge on any atom is -0.493 e. The first-order chi connectivity index (χ1) is 14.1. The van der Waals surface area contributed by atoms with Crippen LogP contribution >= 0.6 is 0 Å². The molecule has 3 rings (SSSR count). The monoisotopic (exact) mass is 394 g/mol. The highest BCUT2D eigenvalue weighted by Crippen LogP contribution is 2.38. The summed E-state index contributed by atoms with van der Waals surface area (Å²) in [5.74, 6) is 0.552. The van der Waals surface area contributed by atoms with E-state index in [1.807, 2.05) is 42.5 Å². The van der Waals surface area contributed by atoms with Gasteiger partial charge in [-0.05, 0) is 28.5 Å². The summed E-state index contributed by atoms with van der Waals surface area (Å²) in [5.41, 5.74) is 7.17. The second-order valence-corrected chi connectivity index (χ2v) is 6.19. The second-order valence-electron chi connectivity index (χ2n) is 6.19. The van der Waals surface area contributed by atoms with Crippen molar-refractivity contribution >= 4 is 22.6 Å². The minimum absolute atomic E-state index is 0.183. The van der Waals surface area contributed by atoms with Gasteiger partial charge in [-0.15, -0.1) is 0 Å². The molecule has 7 nitrogen and oxygen atoms in total. The van der Waals surface area contributed by atoms with Crippen LogP contribution in [0.1, 0.15) is 15.9 Å². The van der Waals surface area contributed by atoms with E-state index in [4.69, 9.17) is 24.8 Å². The van der Waals surface area contributed by atoms with Crippen LogP contribution in [0.5, 0.6) is 17.2 Å². The molecule has 3 aromatic carbocycles. The average Bonchev–Trinajstić information content (AvgIpc) is 2.76. The molecule has 0 aliphatic heterocycles. The largest absolute Gasteiger partial charge is 0.493 e. The lowest BCUT2D eigenvalue weighted by atomic mass is 10.0. The van der Waals surface area contributed by atoms with E-state index >= 15 is 0 Å². The molecule has 0 atom stereocenters. The third kappa shape index (κ3) is 4.40. The molecule has 0 fully saturated rings. The van der Waals surface area contributed by atoms with Crippen LogP contribution in [0.3, 0.4) is 0 Å². The van der Waals surface area contributed by atoms with E-state index in [-0.39, 0.29) is 11.4 Å². The zero-order valence-corrected chi connectivity index (χ0v) is 16.5. The maximum absolute atomic E-state index is 12.4. The molecule has 0 aromatic heterocycles. The van der Waals surface area contributed by atoms with Gasteiger partial charge in [0.25, 0.3) is 0 Å². The lowest BCUT2D eigenvalue weighted by Crippen LogP contribution is -2.17. The number of carbonyl (C=O) groups excluding carboxylic acids is 1. The van der Waals surface area contributed by atoms with Crippen LogP contribution in [0.25, 0.3) is 10.8 Å². The molecule has 0 bridgehead atoms. The lowest BCUT2D eigenvalue weighted by Gasteiger charge is -2.13. The first-order valence-corrected chi connectivity index (χ1v) is 8.87. The SMILES string of the molecule is COc1cc(C(=O)O/N=C(\N)Cc2cccc3ccccc23)cc(OC)c1OC. The molecule has 0 aliphatic carbocycles. The molecule has 2 N–H and O–H groups in total. The number of fused-ring (bicyclic) bond motifs is 1. The lowest BCUT2D eigenvalue weighted by molar-refractivity contribution is 0.0514. The highest BCUT2D eigenvalue weighted by atomic mass is 16.7. The molecular formula is C22H22N2O5. The topological polar surface area (TPSA) is 92.4 Å². The average molecular weight is 394 g/mol. The number of hydrogen-bond donors (Lipinski definition) is 1. The number of hydrogen-bond acceptors (Lipinski definition) is 6. The maximum atomic E-state index is 12.4. The van der Waals surface area contributed by atoms with E-state index in [9.17, 15) is 4.79 Å². The molecule has 0 unspecified atom stereocenters. The molecule has 0 amide bonds. The van der Waals surface area contributed by atoms with E-state index < -0.39 is 5.97 Å². The van der Waals surface area contributed by atoms with Crippen molar-refractivity contribution in [3.8, 4) is 17.2 Å². The zero-order chi connectivity index (χ0) is 20.8. The van der Waals surface area contributed by atoms with Gasteiger partial charge >= 0.3 is 5.97 Å². The summed E-state index contributed by atoms with van der Waals surface area (Å²) >= 11 is 0. The van der Waals surface area contributed by atoms with Crippen molar-refractivity contribution in [1.82, 2.24) is 0 Å². The molecule has 0 spiro atoms. The summed E-state index contributed by atoms with van der Waals surface area (Å²) in [7, 11) is 4.41. The second kappa shape index (κ2) is 8.97. The van der Waals surface area contributed by atoms with Crippen LogP contribution in [0.15, 0.2) is 59.8 Å². The van der Waals surface area contributed by atoms with E-state index in [0.717, 1.165) is 16.3 Å². The molecular weight excluding hydrogens is 372 g/mol. The zero-order valence-electron chi connectivity index (χ0n) is 16.5.